The molecule has 1 aromatic heterocycles. The number of nitrogens with zero attached hydrogens (tertiary/aromatic N) is 4. The molecule has 0 spiro atoms. The van der Waals surface area contributed by atoms with Crippen LogP contribution in [0.4, 0.5) is 0 Å². The third-order valence-electron chi connectivity index (χ3n) is 7.34. The number of likely N-dealkylation sites (tertiary alicyclic amines) is 1. The summed E-state index contributed by atoms with van der Waals surface area (Å²) in [6.07, 6.45) is 3.21. The summed E-state index contributed by atoms with van der Waals surface area (Å²) >= 11 is 0. The van der Waals surface area contributed by atoms with E-state index in [0.29, 0.717) is 29.9 Å². The van der Waals surface area contributed by atoms with E-state index in [0.717, 1.165) is 68.8 Å². The first-order chi connectivity index (χ1) is 15.3. The molecule has 0 atom stereocenters. The van der Waals surface area contributed by atoms with Crippen molar-refractivity contribution in [2.75, 3.05) is 32.7 Å². The van der Waals surface area contributed by atoms with E-state index < -0.39 is 0 Å². The number of hydrogen-bond donors (Lipinski definition) is 1. The number of aliphatic imine (C=N–C) groups is 1. The first-order valence-electron chi connectivity index (χ1n) is 12.6. The Hall–Kier alpha value is -1.85. The average molecular weight is 439 g/mol. The van der Waals surface area contributed by atoms with Gasteiger partial charge in [-0.15, -0.1) is 0 Å². The average Bonchev–Trinajstić information content (AvgIpc) is 3.04. The number of rotatable bonds is 6. The fraction of sp³-hybridized carbons (Fsp3) is 0.667. The van der Waals surface area contributed by atoms with Crippen molar-refractivity contribution in [2.45, 2.75) is 78.9 Å². The van der Waals surface area contributed by atoms with Crippen LogP contribution in [0.5, 0.6) is 5.88 Å². The fourth-order valence-corrected chi connectivity index (χ4v) is 5.50. The summed E-state index contributed by atoms with van der Waals surface area (Å²) in [6, 6.07) is 8.22. The molecule has 5 heteroatoms. The Morgan fingerprint density at radius 2 is 1.66 bits per heavy atom. The van der Waals surface area contributed by atoms with Crippen LogP contribution in [0.15, 0.2) is 23.2 Å². The molecule has 1 fully saturated rings. The van der Waals surface area contributed by atoms with Crippen molar-refractivity contribution in [1.29, 1.82) is 0 Å². The lowest BCUT2D eigenvalue weighted by Gasteiger charge is -2.35. The summed E-state index contributed by atoms with van der Waals surface area (Å²) in [5.74, 6) is 1.03. The van der Waals surface area contributed by atoms with Gasteiger partial charge in [-0.2, -0.15) is 0 Å². The van der Waals surface area contributed by atoms with Gasteiger partial charge in [0.15, 0.2) is 0 Å². The van der Waals surface area contributed by atoms with Crippen molar-refractivity contribution in [3.63, 3.8) is 0 Å². The van der Waals surface area contributed by atoms with E-state index in [-0.39, 0.29) is 0 Å². The van der Waals surface area contributed by atoms with E-state index in [9.17, 15) is 5.11 Å². The standard InChI is InChI=1S/C27H42N4O/c1-18(2)15-21-7-8-25-23(16-21)26(24-17-30(20(5)6)14-11-28-24)27(32)31(25)22-9-12-29(13-10-22)19(3)4/h7-8,16,18-20,22,32H,9-15,17H2,1-6H3. The van der Waals surface area contributed by atoms with Crippen LogP contribution in [0.25, 0.3) is 10.9 Å². The molecule has 2 aliphatic heterocycles. The second-order valence-electron chi connectivity index (χ2n) is 10.8. The van der Waals surface area contributed by atoms with Crippen LogP contribution in [0.3, 0.4) is 0 Å². The molecule has 32 heavy (non-hydrogen) atoms. The lowest BCUT2D eigenvalue weighted by Crippen LogP contribution is -2.41. The summed E-state index contributed by atoms with van der Waals surface area (Å²) < 4.78 is 2.23. The second-order valence-corrected chi connectivity index (χ2v) is 10.8. The number of aromatic hydroxyl groups is 1. The van der Waals surface area contributed by atoms with Crippen LogP contribution < -0.4 is 0 Å². The highest BCUT2D eigenvalue weighted by molar-refractivity contribution is 6.14. The molecule has 0 bridgehead atoms. The van der Waals surface area contributed by atoms with Gasteiger partial charge in [0.2, 0.25) is 5.88 Å². The Labute approximate surface area is 194 Å². The van der Waals surface area contributed by atoms with Crippen molar-refractivity contribution in [3.8, 4) is 5.88 Å². The van der Waals surface area contributed by atoms with Crippen LogP contribution >= 0.6 is 0 Å². The first-order valence-corrected chi connectivity index (χ1v) is 12.6. The smallest absolute Gasteiger partial charge is 0.201 e. The van der Waals surface area contributed by atoms with Gasteiger partial charge < -0.3 is 14.6 Å². The molecule has 0 aliphatic carbocycles. The summed E-state index contributed by atoms with van der Waals surface area (Å²) in [7, 11) is 0. The molecule has 1 aromatic carbocycles. The van der Waals surface area contributed by atoms with E-state index in [1.165, 1.54) is 10.9 Å². The molecule has 176 valence electrons. The highest BCUT2D eigenvalue weighted by Gasteiger charge is 2.30. The molecule has 0 radical (unpaired) electrons. The van der Waals surface area contributed by atoms with Crippen molar-refractivity contribution >= 4 is 16.6 Å². The van der Waals surface area contributed by atoms with E-state index in [1.807, 2.05) is 0 Å². The van der Waals surface area contributed by atoms with Gasteiger partial charge in [0.05, 0.1) is 23.3 Å². The molecule has 0 amide bonds. The SMILES string of the molecule is CC(C)Cc1ccc2c(c1)c(C1=NCCN(C(C)C)C1)c(O)n2C1CCN(C(C)C)CC1. The third-order valence-corrected chi connectivity index (χ3v) is 7.34. The number of fused-ring (bicyclic) bond motifs is 1. The monoisotopic (exact) mass is 438 g/mol. The van der Waals surface area contributed by atoms with Gasteiger partial charge in [-0.1, -0.05) is 19.9 Å². The van der Waals surface area contributed by atoms with E-state index in [2.05, 4.69) is 74.1 Å². The van der Waals surface area contributed by atoms with Crippen LogP contribution in [0.1, 0.15) is 71.6 Å². The van der Waals surface area contributed by atoms with Crippen molar-refractivity contribution in [2.24, 2.45) is 10.9 Å². The molecule has 4 rings (SSSR count). The predicted octanol–water partition coefficient (Wildman–Crippen LogP) is 5.10. The van der Waals surface area contributed by atoms with Crippen LogP contribution in [0, 0.1) is 5.92 Å². The number of benzene rings is 1. The van der Waals surface area contributed by atoms with Gasteiger partial charge >= 0.3 is 0 Å². The second kappa shape index (κ2) is 9.56. The Kier molecular flexibility index (Phi) is 6.97. The lowest BCUT2D eigenvalue weighted by molar-refractivity contribution is 0.150. The zero-order chi connectivity index (χ0) is 23.0. The molecule has 5 nitrogen and oxygen atoms in total. The number of piperidine rings is 1. The highest BCUT2D eigenvalue weighted by atomic mass is 16.3. The van der Waals surface area contributed by atoms with Gasteiger partial charge in [0, 0.05) is 49.7 Å². The van der Waals surface area contributed by atoms with E-state index in [1.54, 1.807) is 0 Å². The molecule has 0 unspecified atom stereocenters. The van der Waals surface area contributed by atoms with Crippen molar-refractivity contribution in [1.82, 2.24) is 14.4 Å². The molecule has 0 saturated carbocycles. The third kappa shape index (κ3) is 4.60. The minimum atomic E-state index is 0.336. The zero-order valence-electron chi connectivity index (χ0n) is 20.9. The molecule has 1 N–H and O–H groups in total. The Bertz CT molecular complexity index is 964. The topological polar surface area (TPSA) is 44.0 Å². The minimum absolute atomic E-state index is 0.336. The van der Waals surface area contributed by atoms with Crippen molar-refractivity contribution in [3.05, 3.63) is 29.3 Å². The lowest BCUT2D eigenvalue weighted by atomic mass is 9.99. The maximum Gasteiger partial charge on any atom is 0.201 e. The molecular weight excluding hydrogens is 396 g/mol. The summed E-state index contributed by atoms with van der Waals surface area (Å²) in [5.41, 5.74) is 4.53. The summed E-state index contributed by atoms with van der Waals surface area (Å²) in [5, 5.41) is 12.8. The number of hydrogen-bond acceptors (Lipinski definition) is 4. The van der Waals surface area contributed by atoms with Gasteiger partial charge in [0.1, 0.15) is 0 Å². The van der Waals surface area contributed by atoms with Crippen LogP contribution in [-0.2, 0) is 6.42 Å². The maximum atomic E-state index is 11.6. The molecule has 2 aromatic rings. The Morgan fingerprint density at radius 3 is 2.28 bits per heavy atom. The van der Waals surface area contributed by atoms with Gasteiger partial charge in [-0.3, -0.25) is 9.89 Å². The Morgan fingerprint density at radius 1 is 0.969 bits per heavy atom. The molecular formula is C27H42N4O. The largest absolute Gasteiger partial charge is 0.494 e. The van der Waals surface area contributed by atoms with Crippen LogP contribution in [0.2, 0.25) is 0 Å². The summed E-state index contributed by atoms with van der Waals surface area (Å²) in [4.78, 5) is 9.93. The van der Waals surface area contributed by atoms with E-state index >= 15 is 0 Å². The van der Waals surface area contributed by atoms with Gasteiger partial charge in [0.25, 0.3) is 0 Å². The first kappa shape index (κ1) is 23.3. The van der Waals surface area contributed by atoms with Crippen LogP contribution in [-0.4, -0.2) is 70.0 Å². The fourth-order valence-electron chi connectivity index (χ4n) is 5.50. The summed E-state index contributed by atoms with van der Waals surface area (Å²) in [6.45, 7) is 18.4. The van der Waals surface area contributed by atoms with E-state index in [4.69, 9.17) is 4.99 Å². The van der Waals surface area contributed by atoms with Gasteiger partial charge in [-0.05, 0) is 70.6 Å². The molecule has 2 aliphatic rings. The number of aromatic nitrogens is 1. The minimum Gasteiger partial charge on any atom is -0.494 e. The Balaban J connectivity index is 1.78. The van der Waals surface area contributed by atoms with Crippen molar-refractivity contribution < 1.29 is 5.11 Å². The molecule has 1 saturated heterocycles. The molecule has 3 heterocycles. The highest BCUT2D eigenvalue weighted by Crippen LogP contribution is 2.39. The van der Waals surface area contributed by atoms with Gasteiger partial charge in [-0.25, -0.2) is 0 Å². The predicted molar refractivity (Wildman–Crippen MR) is 135 cm³/mol. The normalized spacial score (nSPS) is 19.6. The maximum absolute atomic E-state index is 11.6. The zero-order valence-corrected chi connectivity index (χ0v) is 20.9. The quantitative estimate of drug-likeness (QED) is 0.682.